The fourth-order valence-corrected chi connectivity index (χ4v) is 2.38. The second-order valence-electron chi connectivity index (χ2n) is 3.62. The zero-order chi connectivity index (χ0) is 12.4. The molecule has 90 valence electrons. The van der Waals surface area contributed by atoms with Crippen LogP contribution in [0, 0.1) is 5.82 Å². The van der Waals surface area contributed by atoms with Gasteiger partial charge in [0.2, 0.25) is 0 Å². The van der Waals surface area contributed by atoms with Gasteiger partial charge in [0, 0.05) is 18.8 Å². The summed E-state index contributed by atoms with van der Waals surface area (Å²) in [5.74, 6) is -0.333. The first kappa shape index (κ1) is 12.2. The molecule has 0 saturated carbocycles. The SMILES string of the molecule is CNC(c1ccncc1F)c1c(Br)cnn1C. The molecule has 2 aromatic rings. The molecule has 2 aromatic heterocycles. The van der Waals surface area contributed by atoms with Crippen LogP contribution in [0.5, 0.6) is 0 Å². The second-order valence-corrected chi connectivity index (χ2v) is 4.47. The number of rotatable bonds is 3. The molecule has 0 fully saturated rings. The van der Waals surface area contributed by atoms with Crippen molar-refractivity contribution in [2.24, 2.45) is 7.05 Å². The highest BCUT2D eigenvalue weighted by Gasteiger charge is 2.21. The number of hydrogen-bond donors (Lipinski definition) is 1. The molecule has 17 heavy (non-hydrogen) atoms. The van der Waals surface area contributed by atoms with Crippen molar-refractivity contribution in [3.63, 3.8) is 0 Å². The average molecular weight is 299 g/mol. The summed E-state index contributed by atoms with van der Waals surface area (Å²) in [6, 6.07) is 1.40. The Hall–Kier alpha value is -1.27. The average Bonchev–Trinajstić information content (AvgIpc) is 2.64. The van der Waals surface area contributed by atoms with Gasteiger partial charge in [-0.25, -0.2) is 4.39 Å². The third-order valence-electron chi connectivity index (χ3n) is 2.61. The Balaban J connectivity index is 2.52. The quantitative estimate of drug-likeness (QED) is 0.943. The van der Waals surface area contributed by atoms with Crippen LogP contribution >= 0.6 is 15.9 Å². The summed E-state index contributed by atoms with van der Waals surface area (Å²) in [7, 11) is 3.60. The van der Waals surface area contributed by atoms with E-state index in [-0.39, 0.29) is 11.9 Å². The zero-order valence-corrected chi connectivity index (χ0v) is 11.1. The van der Waals surface area contributed by atoms with Crippen LogP contribution in [0.1, 0.15) is 17.3 Å². The van der Waals surface area contributed by atoms with Gasteiger partial charge in [-0.3, -0.25) is 9.67 Å². The number of halogens is 2. The Morgan fingerprint density at radius 3 is 2.76 bits per heavy atom. The first-order valence-corrected chi connectivity index (χ1v) is 5.88. The van der Waals surface area contributed by atoms with Crippen LogP contribution in [0.4, 0.5) is 4.39 Å². The van der Waals surface area contributed by atoms with E-state index in [1.807, 2.05) is 7.05 Å². The van der Waals surface area contributed by atoms with Gasteiger partial charge in [-0.05, 0) is 29.0 Å². The number of nitrogens with zero attached hydrogens (tertiary/aromatic N) is 3. The summed E-state index contributed by atoms with van der Waals surface area (Å²) in [4.78, 5) is 3.75. The highest BCUT2D eigenvalue weighted by molar-refractivity contribution is 9.10. The number of hydrogen-bond acceptors (Lipinski definition) is 3. The van der Waals surface area contributed by atoms with Gasteiger partial charge >= 0.3 is 0 Å². The van der Waals surface area contributed by atoms with E-state index in [9.17, 15) is 4.39 Å². The molecule has 0 aromatic carbocycles. The highest BCUT2D eigenvalue weighted by Crippen LogP contribution is 2.28. The standard InChI is InChI=1S/C11H12BrFN4/c1-14-10(7-3-4-15-6-9(7)13)11-8(12)5-16-17(11)2/h3-6,10,14H,1-2H3. The van der Waals surface area contributed by atoms with Gasteiger partial charge in [-0.1, -0.05) is 0 Å². The van der Waals surface area contributed by atoms with E-state index in [4.69, 9.17) is 0 Å². The van der Waals surface area contributed by atoms with Crippen molar-refractivity contribution in [3.05, 3.63) is 46.2 Å². The summed E-state index contributed by atoms with van der Waals surface area (Å²) >= 11 is 3.42. The third kappa shape index (κ3) is 2.23. The first-order valence-electron chi connectivity index (χ1n) is 5.09. The maximum atomic E-state index is 13.7. The zero-order valence-electron chi connectivity index (χ0n) is 9.48. The van der Waals surface area contributed by atoms with Crippen LogP contribution in [-0.4, -0.2) is 21.8 Å². The van der Waals surface area contributed by atoms with Crippen molar-refractivity contribution >= 4 is 15.9 Å². The van der Waals surface area contributed by atoms with Gasteiger partial charge in [-0.2, -0.15) is 5.10 Å². The van der Waals surface area contributed by atoms with Crippen molar-refractivity contribution in [3.8, 4) is 0 Å². The van der Waals surface area contributed by atoms with Crippen molar-refractivity contribution in [1.29, 1.82) is 0 Å². The fraction of sp³-hybridized carbons (Fsp3) is 0.273. The Bertz CT molecular complexity index is 506. The molecule has 2 heterocycles. The summed E-state index contributed by atoms with van der Waals surface area (Å²) < 4.78 is 16.3. The summed E-state index contributed by atoms with van der Waals surface area (Å²) in [6.45, 7) is 0. The molecule has 0 aliphatic carbocycles. The first-order chi connectivity index (χ1) is 8.15. The van der Waals surface area contributed by atoms with Gasteiger partial charge < -0.3 is 5.32 Å². The third-order valence-corrected chi connectivity index (χ3v) is 3.23. The molecule has 1 unspecified atom stereocenters. The fourth-order valence-electron chi connectivity index (χ4n) is 1.80. The Morgan fingerprint density at radius 1 is 1.47 bits per heavy atom. The van der Waals surface area contributed by atoms with E-state index in [1.54, 1.807) is 30.2 Å². The normalized spacial score (nSPS) is 12.7. The minimum atomic E-state index is -0.333. The molecule has 0 aliphatic heterocycles. The number of nitrogens with one attached hydrogen (secondary N) is 1. The summed E-state index contributed by atoms with van der Waals surface area (Å²) in [5.41, 5.74) is 1.42. The van der Waals surface area contributed by atoms with Crippen LogP contribution < -0.4 is 5.32 Å². The van der Waals surface area contributed by atoms with Gasteiger partial charge in [0.1, 0.15) is 5.82 Å². The van der Waals surface area contributed by atoms with E-state index in [0.29, 0.717) is 5.56 Å². The molecule has 0 bridgehead atoms. The molecule has 0 spiro atoms. The summed E-state index contributed by atoms with van der Waals surface area (Å²) in [5, 5.41) is 7.22. The van der Waals surface area contributed by atoms with Crippen molar-refractivity contribution < 1.29 is 4.39 Å². The van der Waals surface area contributed by atoms with Crippen LogP contribution in [0.25, 0.3) is 0 Å². The van der Waals surface area contributed by atoms with Crippen molar-refractivity contribution in [2.45, 2.75) is 6.04 Å². The molecule has 0 aliphatic rings. The number of aryl methyl sites for hydroxylation is 1. The highest BCUT2D eigenvalue weighted by atomic mass is 79.9. The minimum Gasteiger partial charge on any atom is -0.308 e. The smallest absolute Gasteiger partial charge is 0.146 e. The predicted molar refractivity (Wildman–Crippen MR) is 66.0 cm³/mol. The Kier molecular flexibility index (Phi) is 3.54. The van der Waals surface area contributed by atoms with E-state index < -0.39 is 0 Å². The topological polar surface area (TPSA) is 42.7 Å². The van der Waals surface area contributed by atoms with Crippen LogP contribution in [0.3, 0.4) is 0 Å². The lowest BCUT2D eigenvalue weighted by molar-refractivity contribution is 0.547. The number of pyridine rings is 1. The maximum Gasteiger partial charge on any atom is 0.146 e. The minimum absolute atomic E-state index is 0.264. The van der Waals surface area contributed by atoms with Gasteiger partial charge in [-0.15, -0.1) is 0 Å². The van der Waals surface area contributed by atoms with Crippen LogP contribution in [0.2, 0.25) is 0 Å². The van der Waals surface area contributed by atoms with E-state index in [2.05, 4.69) is 31.3 Å². The predicted octanol–water partition coefficient (Wildman–Crippen LogP) is 2.03. The Labute approximate surface area is 107 Å². The molecular formula is C11H12BrFN4. The molecule has 0 radical (unpaired) electrons. The second kappa shape index (κ2) is 4.93. The molecule has 6 heteroatoms. The molecule has 1 atom stereocenters. The monoisotopic (exact) mass is 298 g/mol. The maximum absolute atomic E-state index is 13.7. The lowest BCUT2D eigenvalue weighted by Crippen LogP contribution is -2.22. The van der Waals surface area contributed by atoms with Gasteiger partial charge in [0.25, 0.3) is 0 Å². The van der Waals surface area contributed by atoms with Crippen LogP contribution in [-0.2, 0) is 7.05 Å². The molecule has 1 N–H and O–H groups in total. The molecular weight excluding hydrogens is 287 g/mol. The van der Waals surface area contributed by atoms with Crippen molar-refractivity contribution in [2.75, 3.05) is 7.05 Å². The largest absolute Gasteiger partial charge is 0.308 e. The summed E-state index contributed by atoms with van der Waals surface area (Å²) in [6.07, 6.45) is 4.48. The number of aromatic nitrogens is 3. The molecule has 0 saturated heterocycles. The lowest BCUT2D eigenvalue weighted by Gasteiger charge is -2.18. The molecule has 4 nitrogen and oxygen atoms in total. The molecule has 0 amide bonds. The molecule has 2 rings (SSSR count). The van der Waals surface area contributed by atoms with E-state index in [1.165, 1.54) is 6.20 Å². The van der Waals surface area contributed by atoms with Gasteiger partial charge in [0.15, 0.2) is 0 Å². The van der Waals surface area contributed by atoms with E-state index in [0.717, 1.165) is 10.2 Å². The van der Waals surface area contributed by atoms with Crippen LogP contribution in [0.15, 0.2) is 29.1 Å². The van der Waals surface area contributed by atoms with Gasteiger partial charge in [0.05, 0.1) is 28.6 Å². The van der Waals surface area contributed by atoms with Crippen molar-refractivity contribution in [1.82, 2.24) is 20.1 Å². The lowest BCUT2D eigenvalue weighted by atomic mass is 10.0. The van der Waals surface area contributed by atoms with E-state index >= 15 is 0 Å². The Morgan fingerprint density at radius 2 is 2.24 bits per heavy atom.